The van der Waals surface area contributed by atoms with Crippen molar-refractivity contribution in [2.24, 2.45) is 0 Å². The van der Waals surface area contributed by atoms with E-state index in [4.69, 9.17) is 9.66 Å². The van der Waals surface area contributed by atoms with Gasteiger partial charge in [-0.1, -0.05) is 84.0 Å². The van der Waals surface area contributed by atoms with Crippen LogP contribution >= 0.6 is 0 Å². The van der Waals surface area contributed by atoms with Crippen LogP contribution in [0.1, 0.15) is 122 Å². The molecule has 212 valence electrons. The summed E-state index contributed by atoms with van der Waals surface area (Å²) in [7, 11) is 0.568. The predicted octanol–water partition coefficient (Wildman–Crippen LogP) is 4.87. The summed E-state index contributed by atoms with van der Waals surface area (Å²) in [5, 5.41) is 8.98. The first-order chi connectivity index (χ1) is 16.7. The quantitative estimate of drug-likeness (QED) is 0.0817. The Morgan fingerprint density at radius 1 is 0.629 bits per heavy atom. The van der Waals surface area contributed by atoms with Crippen molar-refractivity contribution in [2.75, 3.05) is 59.2 Å². The summed E-state index contributed by atoms with van der Waals surface area (Å²) in [6, 6.07) is 0. The number of unbranched alkanes of at least 4 members (excludes halogenated alkanes) is 14. The lowest BCUT2D eigenvalue weighted by Crippen LogP contribution is -3.09. The molecule has 7 heteroatoms. The van der Waals surface area contributed by atoms with Gasteiger partial charge < -0.3 is 14.5 Å². The summed E-state index contributed by atoms with van der Waals surface area (Å²) in [6.07, 6.45) is 22.7. The second kappa shape index (κ2) is 22.9. The predicted molar refractivity (Wildman–Crippen MR) is 150 cm³/mol. The fourth-order valence-corrected chi connectivity index (χ4v) is 5.57. The molecule has 2 unspecified atom stereocenters. The molecule has 2 atom stereocenters. The molecule has 0 aromatic rings. The molecule has 0 saturated carbocycles. The summed E-state index contributed by atoms with van der Waals surface area (Å²) in [5.41, 5.74) is 0. The molecule has 0 heterocycles. The van der Waals surface area contributed by atoms with Crippen molar-refractivity contribution in [3.8, 4) is 0 Å². The van der Waals surface area contributed by atoms with Gasteiger partial charge in [-0.2, -0.15) is 8.42 Å². The third-order valence-corrected chi connectivity index (χ3v) is 8.27. The Kier molecular flexibility index (Phi) is 22.8. The zero-order chi connectivity index (χ0) is 26.3. The topological polar surface area (TPSA) is 79.0 Å². The number of quaternary nitrogens is 2. The van der Waals surface area contributed by atoms with E-state index in [1.807, 2.05) is 0 Å². The number of aliphatic hydroxyl groups excluding tert-OH is 1. The van der Waals surface area contributed by atoms with Gasteiger partial charge in [0.05, 0.1) is 52.6 Å². The zero-order valence-corrected chi connectivity index (χ0v) is 24.6. The van der Waals surface area contributed by atoms with Gasteiger partial charge in [-0.3, -0.25) is 4.55 Å². The first-order valence-electron chi connectivity index (χ1n) is 14.9. The molecular weight excluding hydrogens is 460 g/mol. The van der Waals surface area contributed by atoms with Crippen molar-refractivity contribution < 1.29 is 27.5 Å². The Balaban J connectivity index is 4.02. The Hall–Kier alpha value is -0.210. The molecule has 0 aromatic heterocycles. The summed E-state index contributed by atoms with van der Waals surface area (Å²) >= 11 is 0. The molecule has 0 aliphatic heterocycles. The van der Waals surface area contributed by atoms with Gasteiger partial charge in [-0.05, 0) is 12.8 Å². The third kappa shape index (κ3) is 25.2. The molecule has 3 N–H and O–H groups in total. The van der Waals surface area contributed by atoms with Gasteiger partial charge in [0, 0.05) is 32.3 Å². The van der Waals surface area contributed by atoms with E-state index >= 15 is 0 Å². The van der Waals surface area contributed by atoms with Crippen LogP contribution in [0.2, 0.25) is 0 Å². The molecule has 0 aromatic carbocycles. The maximum atomic E-state index is 11.2. The van der Waals surface area contributed by atoms with E-state index in [0.717, 1.165) is 56.5 Å². The summed E-state index contributed by atoms with van der Waals surface area (Å²) in [6.45, 7) is 7.63. The highest BCUT2D eigenvalue weighted by molar-refractivity contribution is 7.85. The van der Waals surface area contributed by atoms with Gasteiger partial charge >= 0.3 is 0 Å². The average molecular weight is 523 g/mol. The maximum absolute atomic E-state index is 11.2. The molecule has 0 bridgehead atoms. The van der Waals surface area contributed by atoms with Crippen LogP contribution in [-0.2, 0) is 10.1 Å². The zero-order valence-electron chi connectivity index (χ0n) is 23.7. The van der Waals surface area contributed by atoms with E-state index in [1.54, 1.807) is 0 Å². The van der Waals surface area contributed by atoms with Gasteiger partial charge in [0.2, 0.25) is 0 Å². The standard InChI is InChI=1S/C28H60N2O4S/c1-4-5-6-7-8-9-10-11-12-13-14-15-16-18-24-30(3,26-21-28-35(32,33)34)25-19-17-22-29(2)23-20-27-31/h31H,4-28H2,1-3H3/p+2. The highest BCUT2D eigenvalue weighted by Gasteiger charge is 2.22. The molecule has 0 radical (unpaired) electrons. The van der Waals surface area contributed by atoms with Crippen molar-refractivity contribution >= 4 is 10.1 Å². The summed E-state index contributed by atoms with van der Waals surface area (Å²) in [4.78, 5) is 1.46. The van der Waals surface area contributed by atoms with E-state index in [9.17, 15) is 8.42 Å². The van der Waals surface area contributed by atoms with E-state index in [1.165, 1.54) is 94.8 Å². The molecule has 0 saturated heterocycles. The number of aliphatic hydroxyl groups is 1. The largest absolute Gasteiger partial charge is 0.396 e. The maximum Gasteiger partial charge on any atom is 0.265 e. The second-order valence-corrected chi connectivity index (χ2v) is 12.8. The molecule has 0 aliphatic carbocycles. The van der Waals surface area contributed by atoms with Crippen molar-refractivity contribution in [1.29, 1.82) is 0 Å². The molecule has 6 nitrogen and oxygen atoms in total. The van der Waals surface area contributed by atoms with Crippen LogP contribution in [0.15, 0.2) is 0 Å². The van der Waals surface area contributed by atoms with E-state index < -0.39 is 10.1 Å². The van der Waals surface area contributed by atoms with Crippen molar-refractivity contribution in [1.82, 2.24) is 0 Å². The lowest BCUT2D eigenvalue weighted by Gasteiger charge is -2.35. The van der Waals surface area contributed by atoms with Crippen LogP contribution in [0.25, 0.3) is 0 Å². The van der Waals surface area contributed by atoms with Crippen LogP contribution in [0, 0.1) is 0 Å². The average Bonchev–Trinajstić information content (AvgIpc) is 2.80. The minimum Gasteiger partial charge on any atom is -0.396 e. The Bertz CT molecular complexity index is 559. The highest BCUT2D eigenvalue weighted by Crippen LogP contribution is 2.15. The second-order valence-electron chi connectivity index (χ2n) is 11.3. The minimum absolute atomic E-state index is 0.131. The smallest absolute Gasteiger partial charge is 0.265 e. The number of nitrogens with zero attached hydrogens (tertiary/aromatic N) is 1. The lowest BCUT2D eigenvalue weighted by atomic mass is 10.0. The normalized spacial score (nSPS) is 14.8. The van der Waals surface area contributed by atoms with E-state index in [-0.39, 0.29) is 12.4 Å². The van der Waals surface area contributed by atoms with Crippen molar-refractivity contribution in [3.63, 3.8) is 0 Å². The Morgan fingerprint density at radius 3 is 1.49 bits per heavy atom. The molecule has 0 amide bonds. The molecule has 0 spiro atoms. The first-order valence-corrected chi connectivity index (χ1v) is 16.5. The molecule has 0 fully saturated rings. The van der Waals surface area contributed by atoms with Crippen LogP contribution < -0.4 is 4.90 Å². The third-order valence-electron chi connectivity index (χ3n) is 7.46. The van der Waals surface area contributed by atoms with E-state index in [0.29, 0.717) is 6.42 Å². The SMILES string of the molecule is CCCCCCCCCCCCCCCC[N+](C)(CCCC[NH+](C)CCCO)CCCS(=O)(=O)O. The fourth-order valence-electron chi connectivity index (χ4n) is 5.08. The Labute approximate surface area is 219 Å². The number of hydrogen-bond acceptors (Lipinski definition) is 3. The molecular formula is C28H62N2O4S+2. The monoisotopic (exact) mass is 522 g/mol. The highest BCUT2D eigenvalue weighted by atomic mass is 32.2. The molecule has 0 aliphatic rings. The first kappa shape index (κ1) is 34.8. The van der Waals surface area contributed by atoms with Crippen molar-refractivity contribution in [2.45, 2.75) is 122 Å². The van der Waals surface area contributed by atoms with Gasteiger partial charge in [-0.15, -0.1) is 0 Å². The van der Waals surface area contributed by atoms with Gasteiger partial charge in [0.1, 0.15) is 0 Å². The fraction of sp³-hybridized carbons (Fsp3) is 1.00. The van der Waals surface area contributed by atoms with Crippen LogP contribution in [0.4, 0.5) is 0 Å². The van der Waals surface area contributed by atoms with E-state index in [2.05, 4.69) is 21.0 Å². The molecule has 0 rings (SSSR count). The number of hydrogen-bond donors (Lipinski definition) is 3. The lowest BCUT2D eigenvalue weighted by molar-refractivity contribution is -0.911. The van der Waals surface area contributed by atoms with Gasteiger partial charge in [-0.25, -0.2) is 0 Å². The number of rotatable bonds is 27. The van der Waals surface area contributed by atoms with Gasteiger partial charge in [0.15, 0.2) is 0 Å². The summed E-state index contributed by atoms with van der Waals surface area (Å²) in [5.74, 6) is -0.131. The van der Waals surface area contributed by atoms with Crippen LogP contribution in [-0.4, -0.2) is 81.7 Å². The van der Waals surface area contributed by atoms with Crippen molar-refractivity contribution in [3.05, 3.63) is 0 Å². The minimum atomic E-state index is -3.88. The van der Waals surface area contributed by atoms with Crippen LogP contribution in [0.5, 0.6) is 0 Å². The molecule has 35 heavy (non-hydrogen) atoms. The van der Waals surface area contributed by atoms with Crippen LogP contribution in [0.3, 0.4) is 0 Å². The Morgan fingerprint density at radius 2 is 1.03 bits per heavy atom. The number of nitrogens with one attached hydrogen (secondary N) is 1. The summed E-state index contributed by atoms with van der Waals surface area (Å²) < 4.78 is 32.3. The van der Waals surface area contributed by atoms with Gasteiger partial charge in [0.25, 0.3) is 10.1 Å².